The number of rotatable bonds is 0. The van der Waals surface area contributed by atoms with Crippen LogP contribution in [-0.4, -0.2) is 5.17 Å². The monoisotopic (exact) mass is 259 g/mol. The molecule has 0 aromatic heterocycles. The van der Waals surface area contributed by atoms with E-state index in [2.05, 4.69) is 36.2 Å². The highest BCUT2D eigenvalue weighted by atomic mass is 35.5. The number of para-hydroxylation sites is 1. The molecule has 1 nitrogen and oxygen atoms in total. The fourth-order valence-electron chi connectivity index (χ4n) is 1.91. The molecule has 1 aliphatic rings. The molecule has 1 aliphatic heterocycles. The van der Waals surface area contributed by atoms with Crippen LogP contribution in [0.3, 0.4) is 0 Å². The van der Waals surface area contributed by atoms with Gasteiger partial charge in [0.2, 0.25) is 0 Å². The summed E-state index contributed by atoms with van der Waals surface area (Å²) in [6.07, 6.45) is 0. The van der Waals surface area contributed by atoms with Crippen LogP contribution in [0.4, 0.5) is 5.69 Å². The number of benzene rings is 2. The lowest BCUT2D eigenvalue weighted by molar-refractivity contribution is 1.33. The minimum atomic E-state index is 0.579. The first-order chi connectivity index (χ1) is 8.25. The second-order valence-corrected chi connectivity index (χ2v) is 5.36. The molecule has 0 fully saturated rings. The normalized spacial score (nSPS) is 13.4. The van der Waals surface area contributed by atoms with Crippen molar-refractivity contribution in [2.75, 3.05) is 0 Å². The molecule has 0 atom stereocenters. The molecular formula is C14H10ClNS. The summed E-state index contributed by atoms with van der Waals surface area (Å²) >= 11 is 8.04. The van der Waals surface area contributed by atoms with E-state index in [0.29, 0.717) is 5.17 Å². The summed E-state index contributed by atoms with van der Waals surface area (Å²) < 4.78 is 0. The van der Waals surface area contributed by atoms with Gasteiger partial charge in [0.25, 0.3) is 0 Å². The van der Waals surface area contributed by atoms with Crippen molar-refractivity contribution in [2.45, 2.75) is 16.7 Å². The average molecular weight is 260 g/mol. The summed E-state index contributed by atoms with van der Waals surface area (Å²) in [5.74, 6) is 0. The summed E-state index contributed by atoms with van der Waals surface area (Å²) in [5, 5.41) is 0.579. The van der Waals surface area contributed by atoms with E-state index in [0.717, 1.165) is 21.7 Å². The zero-order chi connectivity index (χ0) is 11.8. The molecule has 0 bridgehead atoms. The molecule has 0 amide bonds. The van der Waals surface area contributed by atoms with Crippen LogP contribution in [0.5, 0.6) is 0 Å². The molecule has 0 unspecified atom stereocenters. The van der Waals surface area contributed by atoms with Gasteiger partial charge in [-0.15, -0.1) is 0 Å². The molecule has 2 aromatic rings. The van der Waals surface area contributed by atoms with Gasteiger partial charge in [-0.1, -0.05) is 47.6 Å². The molecular weight excluding hydrogens is 250 g/mol. The van der Waals surface area contributed by atoms with Crippen LogP contribution in [0.25, 0.3) is 0 Å². The van der Waals surface area contributed by atoms with Crippen molar-refractivity contribution in [3.8, 4) is 0 Å². The van der Waals surface area contributed by atoms with Crippen LogP contribution in [0, 0.1) is 6.92 Å². The predicted molar refractivity (Wildman–Crippen MR) is 73.8 cm³/mol. The van der Waals surface area contributed by atoms with Gasteiger partial charge in [0.15, 0.2) is 0 Å². The zero-order valence-corrected chi connectivity index (χ0v) is 10.8. The number of hydrogen-bond acceptors (Lipinski definition) is 2. The number of aryl methyl sites for hydroxylation is 1. The number of hydrogen-bond donors (Lipinski definition) is 0. The van der Waals surface area contributed by atoms with Gasteiger partial charge in [0.05, 0.1) is 5.69 Å². The summed E-state index contributed by atoms with van der Waals surface area (Å²) in [6.45, 7) is 2.06. The standard InChI is InChI=1S/C14H10ClNS/c1-9-5-4-8-12-13(9)14(15)16-10-6-2-3-7-11(10)17-12/h2-8H,1H3. The average Bonchev–Trinajstić information content (AvgIpc) is 2.45. The van der Waals surface area contributed by atoms with Crippen LogP contribution >= 0.6 is 23.4 Å². The Morgan fingerprint density at radius 2 is 1.76 bits per heavy atom. The van der Waals surface area contributed by atoms with E-state index in [-0.39, 0.29) is 0 Å². The van der Waals surface area contributed by atoms with Crippen molar-refractivity contribution in [3.05, 3.63) is 53.6 Å². The minimum absolute atomic E-state index is 0.579. The molecule has 0 aliphatic carbocycles. The number of halogens is 1. The van der Waals surface area contributed by atoms with Crippen LogP contribution in [0.1, 0.15) is 11.1 Å². The Hall–Kier alpha value is -1.25. The third-order valence-electron chi connectivity index (χ3n) is 2.74. The second kappa shape index (κ2) is 4.21. The van der Waals surface area contributed by atoms with Gasteiger partial charge in [-0.3, -0.25) is 0 Å². The highest BCUT2D eigenvalue weighted by Gasteiger charge is 2.17. The Labute approximate surface area is 110 Å². The first-order valence-electron chi connectivity index (χ1n) is 5.37. The Kier molecular flexibility index (Phi) is 2.69. The maximum Gasteiger partial charge on any atom is 0.138 e. The predicted octanol–water partition coefficient (Wildman–Crippen LogP) is 4.78. The minimum Gasteiger partial charge on any atom is -0.235 e. The number of nitrogens with zero attached hydrogens (tertiary/aromatic N) is 1. The lowest BCUT2D eigenvalue weighted by Crippen LogP contribution is -1.96. The van der Waals surface area contributed by atoms with E-state index < -0.39 is 0 Å². The van der Waals surface area contributed by atoms with Gasteiger partial charge in [0, 0.05) is 15.4 Å². The molecule has 3 heteroatoms. The van der Waals surface area contributed by atoms with Crippen LogP contribution < -0.4 is 0 Å². The van der Waals surface area contributed by atoms with E-state index in [1.165, 1.54) is 4.90 Å². The molecule has 0 saturated carbocycles. The van der Waals surface area contributed by atoms with Crippen molar-refractivity contribution < 1.29 is 0 Å². The van der Waals surface area contributed by atoms with Gasteiger partial charge in [-0.05, 0) is 30.7 Å². The quantitative estimate of drug-likeness (QED) is 0.663. The Balaban J connectivity index is 2.28. The molecule has 0 spiro atoms. The third kappa shape index (κ3) is 1.88. The van der Waals surface area contributed by atoms with Crippen LogP contribution in [0.2, 0.25) is 0 Å². The Bertz CT molecular complexity index is 619. The lowest BCUT2D eigenvalue weighted by Gasteiger charge is -2.07. The summed E-state index contributed by atoms with van der Waals surface area (Å²) in [7, 11) is 0. The second-order valence-electron chi connectivity index (χ2n) is 3.92. The first kappa shape index (κ1) is 10.9. The molecule has 84 valence electrons. The zero-order valence-electron chi connectivity index (χ0n) is 9.27. The third-order valence-corrected chi connectivity index (χ3v) is 4.14. The topological polar surface area (TPSA) is 12.4 Å². The molecule has 17 heavy (non-hydrogen) atoms. The van der Waals surface area contributed by atoms with Gasteiger partial charge in [-0.25, -0.2) is 4.99 Å². The van der Waals surface area contributed by atoms with E-state index >= 15 is 0 Å². The molecule has 0 radical (unpaired) electrons. The SMILES string of the molecule is Cc1cccc2c1C(Cl)=Nc1ccccc1S2. The van der Waals surface area contributed by atoms with E-state index in [1.54, 1.807) is 11.8 Å². The smallest absolute Gasteiger partial charge is 0.138 e. The summed E-state index contributed by atoms with van der Waals surface area (Å²) in [4.78, 5) is 6.82. The van der Waals surface area contributed by atoms with Crippen LogP contribution in [0.15, 0.2) is 57.2 Å². The molecule has 2 aromatic carbocycles. The molecule has 1 heterocycles. The fraction of sp³-hybridized carbons (Fsp3) is 0.0714. The fourth-order valence-corrected chi connectivity index (χ4v) is 3.41. The highest BCUT2D eigenvalue weighted by Crippen LogP contribution is 2.41. The van der Waals surface area contributed by atoms with Gasteiger partial charge >= 0.3 is 0 Å². The van der Waals surface area contributed by atoms with E-state index in [9.17, 15) is 0 Å². The van der Waals surface area contributed by atoms with Crippen molar-refractivity contribution in [1.82, 2.24) is 0 Å². The number of fused-ring (bicyclic) bond motifs is 2. The van der Waals surface area contributed by atoms with Crippen molar-refractivity contribution in [1.29, 1.82) is 0 Å². The van der Waals surface area contributed by atoms with E-state index in [4.69, 9.17) is 11.6 Å². The van der Waals surface area contributed by atoms with Gasteiger partial charge in [-0.2, -0.15) is 0 Å². The molecule has 0 N–H and O–H groups in total. The maximum atomic E-state index is 6.32. The lowest BCUT2D eigenvalue weighted by atomic mass is 10.1. The summed E-state index contributed by atoms with van der Waals surface area (Å²) in [6, 6.07) is 14.3. The van der Waals surface area contributed by atoms with Crippen molar-refractivity contribution >= 4 is 34.2 Å². The van der Waals surface area contributed by atoms with E-state index in [1.807, 2.05) is 18.2 Å². The highest BCUT2D eigenvalue weighted by molar-refractivity contribution is 7.99. The Morgan fingerprint density at radius 1 is 1.00 bits per heavy atom. The van der Waals surface area contributed by atoms with Crippen molar-refractivity contribution in [2.24, 2.45) is 4.99 Å². The number of aliphatic imine (C=N–C) groups is 1. The van der Waals surface area contributed by atoms with Crippen molar-refractivity contribution in [3.63, 3.8) is 0 Å². The molecule has 0 saturated heterocycles. The molecule has 3 rings (SSSR count). The van der Waals surface area contributed by atoms with Gasteiger partial charge < -0.3 is 0 Å². The van der Waals surface area contributed by atoms with Gasteiger partial charge in [0.1, 0.15) is 5.17 Å². The van der Waals surface area contributed by atoms with Crippen LogP contribution in [-0.2, 0) is 0 Å². The maximum absolute atomic E-state index is 6.32. The largest absolute Gasteiger partial charge is 0.235 e. The Morgan fingerprint density at radius 3 is 2.65 bits per heavy atom. The summed E-state index contributed by atoms with van der Waals surface area (Å²) in [5.41, 5.74) is 3.16. The first-order valence-corrected chi connectivity index (χ1v) is 6.56.